The van der Waals surface area contributed by atoms with Gasteiger partial charge in [-0.25, -0.2) is 0 Å². The monoisotopic (exact) mass is 447 g/mol. The Morgan fingerprint density at radius 1 is 1.19 bits per heavy atom. The molecule has 1 aliphatic heterocycles. The number of carbonyl (C=O) groups is 1. The number of carbonyl (C=O) groups excluding carboxylic acids is 1. The van der Waals surface area contributed by atoms with Crippen LogP contribution in [0.25, 0.3) is 17.0 Å². The fourth-order valence-corrected chi connectivity index (χ4v) is 4.59. The summed E-state index contributed by atoms with van der Waals surface area (Å²) in [5, 5.41) is 15.9. The summed E-state index contributed by atoms with van der Waals surface area (Å²) in [5.74, 6) is 2.00. The van der Waals surface area contributed by atoms with Gasteiger partial charge >= 0.3 is 0 Å². The zero-order chi connectivity index (χ0) is 22.1. The van der Waals surface area contributed by atoms with Crippen molar-refractivity contribution in [2.45, 2.75) is 38.6 Å². The van der Waals surface area contributed by atoms with Gasteiger partial charge in [0.25, 0.3) is 0 Å². The molecule has 4 heterocycles. The van der Waals surface area contributed by atoms with Crippen LogP contribution in [0.3, 0.4) is 0 Å². The van der Waals surface area contributed by atoms with Crippen LogP contribution in [0, 0.1) is 11.7 Å². The number of rotatable bonds is 5. The van der Waals surface area contributed by atoms with Gasteiger partial charge in [-0.3, -0.25) is 18.9 Å². The van der Waals surface area contributed by atoms with Crippen molar-refractivity contribution in [1.82, 2.24) is 34.3 Å². The summed E-state index contributed by atoms with van der Waals surface area (Å²) in [6, 6.07) is 14.0. The first-order valence-electron chi connectivity index (χ1n) is 10.9. The van der Waals surface area contributed by atoms with Crippen molar-refractivity contribution in [1.29, 1.82) is 0 Å². The Bertz CT molecular complexity index is 1300. The number of fused-ring (bicyclic) bond motifs is 1. The van der Waals surface area contributed by atoms with E-state index in [1.54, 1.807) is 0 Å². The number of piperidine rings is 1. The number of hydrogen-bond acceptors (Lipinski definition) is 5. The minimum Gasteiger partial charge on any atom is -0.342 e. The quantitative estimate of drug-likeness (QED) is 0.471. The van der Waals surface area contributed by atoms with Crippen molar-refractivity contribution < 1.29 is 4.79 Å². The molecule has 1 unspecified atom stereocenters. The Kier molecular flexibility index (Phi) is 5.57. The first-order valence-corrected chi connectivity index (χ1v) is 11.3. The molecule has 0 aliphatic carbocycles. The summed E-state index contributed by atoms with van der Waals surface area (Å²) < 4.78 is 4.46. The van der Waals surface area contributed by atoms with Crippen molar-refractivity contribution in [3.05, 3.63) is 64.8 Å². The number of aromatic amines is 1. The summed E-state index contributed by atoms with van der Waals surface area (Å²) in [7, 11) is 0. The number of likely N-dealkylation sites (tertiary alicyclic amines) is 1. The van der Waals surface area contributed by atoms with Gasteiger partial charge in [-0.15, -0.1) is 10.2 Å². The van der Waals surface area contributed by atoms with Gasteiger partial charge in [0.15, 0.2) is 16.2 Å². The Morgan fingerprint density at radius 3 is 2.88 bits per heavy atom. The molecule has 1 aliphatic rings. The number of H-pyrrole nitrogens is 1. The molecule has 164 valence electrons. The molecule has 5 rings (SSSR count). The normalized spacial score (nSPS) is 16.5. The van der Waals surface area contributed by atoms with Crippen LogP contribution in [-0.4, -0.2) is 53.3 Å². The predicted molar refractivity (Wildman–Crippen MR) is 124 cm³/mol. The van der Waals surface area contributed by atoms with Gasteiger partial charge in [-0.2, -0.15) is 5.10 Å². The lowest BCUT2D eigenvalue weighted by Gasteiger charge is -2.32. The highest BCUT2D eigenvalue weighted by atomic mass is 32.1. The number of pyridine rings is 1. The molecule has 1 atom stereocenters. The fraction of sp³-hybridized carbons (Fsp3) is 0.348. The van der Waals surface area contributed by atoms with Crippen LogP contribution in [0.4, 0.5) is 0 Å². The molecule has 1 amide bonds. The van der Waals surface area contributed by atoms with E-state index in [-0.39, 0.29) is 11.8 Å². The van der Waals surface area contributed by atoms with E-state index in [4.69, 9.17) is 12.2 Å². The number of nitrogens with one attached hydrogen (secondary N) is 1. The molecule has 0 saturated carbocycles. The molecule has 0 bridgehead atoms. The standard InChI is InChI=1S/C23H25N7OS/c1-16-7-9-17(10-8-16)21-26-27-23(32)30(21)14-11-20(31)28-12-4-5-18(15-28)22-25-24-19-6-2-3-13-29(19)22/h2-3,6-10,13,18H,4-5,11-12,14-15H2,1H3,(H,27,32). The topological polar surface area (TPSA) is 84.1 Å². The van der Waals surface area contributed by atoms with Gasteiger partial charge in [-0.1, -0.05) is 35.9 Å². The van der Waals surface area contributed by atoms with Crippen molar-refractivity contribution >= 4 is 23.8 Å². The third-order valence-corrected chi connectivity index (χ3v) is 6.41. The maximum absolute atomic E-state index is 13.1. The molecule has 3 aromatic heterocycles. The summed E-state index contributed by atoms with van der Waals surface area (Å²) >= 11 is 5.43. The summed E-state index contributed by atoms with van der Waals surface area (Å²) in [4.78, 5) is 15.0. The lowest BCUT2D eigenvalue weighted by atomic mass is 9.97. The lowest BCUT2D eigenvalue weighted by molar-refractivity contribution is -0.132. The van der Waals surface area contributed by atoms with E-state index >= 15 is 0 Å². The summed E-state index contributed by atoms with van der Waals surface area (Å²) in [5.41, 5.74) is 3.00. The minimum absolute atomic E-state index is 0.126. The molecule has 4 aromatic rings. The van der Waals surface area contributed by atoms with Crippen LogP contribution in [0.1, 0.15) is 36.6 Å². The van der Waals surface area contributed by atoms with E-state index in [0.717, 1.165) is 42.2 Å². The Labute approximate surface area is 190 Å². The van der Waals surface area contributed by atoms with Gasteiger partial charge in [0, 0.05) is 43.7 Å². The molecule has 32 heavy (non-hydrogen) atoms. The zero-order valence-corrected chi connectivity index (χ0v) is 18.8. The predicted octanol–water partition coefficient (Wildman–Crippen LogP) is 3.76. The number of nitrogens with zero attached hydrogens (tertiary/aromatic N) is 6. The molecule has 1 N–H and O–H groups in total. The molecule has 1 aromatic carbocycles. The average molecular weight is 448 g/mol. The SMILES string of the molecule is Cc1ccc(-c2n[nH]c(=S)n2CCC(=O)N2CCCC(c3nnc4ccccn34)C2)cc1. The maximum Gasteiger partial charge on any atom is 0.224 e. The van der Waals surface area contributed by atoms with Crippen LogP contribution in [-0.2, 0) is 11.3 Å². The van der Waals surface area contributed by atoms with E-state index in [9.17, 15) is 4.79 Å². The number of benzene rings is 1. The maximum atomic E-state index is 13.1. The highest BCUT2D eigenvalue weighted by molar-refractivity contribution is 7.71. The smallest absolute Gasteiger partial charge is 0.224 e. The van der Waals surface area contributed by atoms with Crippen molar-refractivity contribution in [3.8, 4) is 11.4 Å². The van der Waals surface area contributed by atoms with Gasteiger partial charge < -0.3 is 4.90 Å². The second-order valence-electron chi connectivity index (χ2n) is 8.29. The minimum atomic E-state index is 0.126. The Balaban J connectivity index is 1.28. The molecular weight excluding hydrogens is 422 g/mol. The molecule has 8 nitrogen and oxygen atoms in total. The first kappa shape index (κ1) is 20.6. The van der Waals surface area contributed by atoms with E-state index in [1.807, 2.05) is 69.5 Å². The van der Waals surface area contributed by atoms with Crippen molar-refractivity contribution in [3.63, 3.8) is 0 Å². The number of hydrogen-bond donors (Lipinski definition) is 1. The second kappa shape index (κ2) is 8.66. The van der Waals surface area contributed by atoms with E-state index in [2.05, 4.69) is 20.4 Å². The Hall–Kier alpha value is -3.33. The average Bonchev–Trinajstić information content (AvgIpc) is 3.41. The summed E-state index contributed by atoms with van der Waals surface area (Å²) in [6.45, 7) is 3.98. The third kappa shape index (κ3) is 3.95. The Morgan fingerprint density at radius 2 is 2.03 bits per heavy atom. The fourth-order valence-electron chi connectivity index (χ4n) is 4.37. The van der Waals surface area contributed by atoms with Gasteiger partial charge in [0.1, 0.15) is 5.82 Å². The molecule has 1 saturated heterocycles. The first-order chi connectivity index (χ1) is 15.6. The molecule has 9 heteroatoms. The largest absolute Gasteiger partial charge is 0.342 e. The van der Waals surface area contributed by atoms with Crippen LogP contribution in [0.15, 0.2) is 48.7 Å². The van der Waals surface area contributed by atoms with Crippen molar-refractivity contribution in [2.75, 3.05) is 13.1 Å². The molecule has 1 fully saturated rings. The van der Waals surface area contributed by atoms with E-state index in [1.165, 1.54) is 5.56 Å². The molecule has 0 spiro atoms. The number of amides is 1. The van der Waals surface area contributed by atoms with Crippen LogP contribution in [0.5, 0.6) is 0 Å². The third-order valence-electron chi connectivity index (χ3n) is 6.10. The number of aromatic nitrogens is 6. The second-order valence-corrected chi connectivity index (χ2v) is 8.67. The zero-order valence-electron chi connectivity index (χ0n) is 17.9. The van der Waals surface area contributed by atoms with E-state index < -0.39 is 0 Å². The van der Waals surface area contributed by atoms with Gasteiger partial charge in [0.05, 0.1) is 0 Å². The van der Waals surface area contributed by atoms with Crippen molar-refractivity contribution in [2.24, 2.45) is 0 Å². The van der Waals surface area contributed by atoms with Crippen LogP contribution in [0.2, 0.25) is 0 Å². The van der Waals surface area contributed by atoms with Gasteiger partial charge in [-0.05, 0) is 44.1 Å². The lowest BCUT2D eigenvalue weighted by Crippen LogP contribution is -2.39. The van der Waals surface area contributed by atoms with E-state index in [0.29, 0.717) is 24.3 Å². The molecular formula is C23H25N7OS. The van der Waals surface area contributed by atoms with Crippen LogP contribution < -0.4 is 0 Å². The van der Waals surface area contributed by atoms with Gasteiger partial charge in [0.2, 0.25) is 5.91 Å². The highest BCUT2D eigenvalue weighted by Crippen LogP contribution is 2.27. The summed E-state index contributed by atoms with van der Waals surface area (Å²) in [6.07, 6.45) is 4.32. The number of aryl methyl sites for hydroxylation is 1. The van der Waals surface area contributed by atoms with Crippen LogP contribution >= 0.6 is 12.2 Å². The molecule has 0 radical (unpaired) electrons. The highest BCUT2D eigenvalue weighted by Gasteiger charge is 2.28.